The van der Waals surface area contributed by atoms with Crippen LogP contribution in [-0.4, -0.2) is 149 Å². The minimum Gasteiger partial charge on any atom is -0.460 e. The molecule has 3 fully saturated rings. The van der Waals surface area contributed by atoms with Crippen molar-refractivity contribution in [1.29, 1.82) is 0 Å². The van der Waals surface area contributed by atoms with E-state index >= 15 is 0 Å². The first-order valence-electron chi connectivity index (χ1n) is 24.5. The second-order valence-electron chi connectivity index (χ2n) is 20.3. The fraction of sp³-hybridized carbons (Fsp3) is 0.745. The summed E-state index contributed by atoms with van der Waals surface area (Å²) in [5.74, 6) is -9.09. The maximum atomic E-state index is 14.4. The third-order valence-electron chi connectivity index (χ3n) is 14.2. The van der Waals surface area contributed by atoms with E-state index in [-0.39, 0.29) is 74.0 Å². The number of methoxy groups -OCH3 is 2. The summed E-state index contributed by atoms with van der Waals surface area (Å²) < 4.78 is 42.1. The number of ether oxygens (including phenoxy) is 4. The molecule has 17 heteroatoms. The van der Waals surface area contributed by atoms with Crippen LogP contribution in [0.15, 0.2) is 47.6 Å². The van der Waals surface area contributed by atoms with E-state index in [0.29, 0.717) is 44.9 Å². The Morgan fingerprint density at radius 2 is 1.56 bits per heavy atom. The second-order valence-corrected chi connectivity index (χ2v) is 23.0. The lowest BCUT2D eigenvalue weighted by Crippen LogP contribution is -2.63. The summed E-state index contributed by atoms with van der Waals surface area (Å²) in [5.41, 5.74) is 1.02. The summed E-state index contributed by atoms with van der Waals surface area (Å²) in [6, 6.07) is -1.25. The van der Waals surface area contributed by atoms with Crippen LogP contribution in [0.4, 0.5) is 0 Å². The molecule has 1 aliphatic carbocycles. The molecular weight excluding hydrogens is 898 g/mol. The maximum Gasteiger partial charge on any atom is 0.329 e. The van der Waals surface area contributed by atoms with E-state index in [1.54, 1.807) is 34.3 Å². The zero-order valence-corrected chi connectivity index (χ0v) is 42.8. The van der Waals surface area contributed by atoms with Gasteiger partial charge in [0.25, 0.3) is 17.5 Å². The molecule has 0 aromatic rings. The van der Waals surface area contributed by atoms with Crippen molar-refractivity contribution in [2.24, 2.45) is 29.6 Å². The van der Waals surface area contributed by atoms with Crippen molar-refractivity contribution in [2.45, 2.75) is 179 Å². The topological polar surface area (TPSA) is 233 Å². The average molecular weight is 978 g/mol. The van der Waals surface area contributed by atoms with Gasteiger partial charge in [-0.05, 0) is 107 Å². The molecule has 15 atom stereocenters. The van der Waals surface area contributed by atoms with Crippen LogP contribution in [-0.2, 0) is 52.0 Å². The van der Waals surface area contributed by atoms with Gasteiger partial charge in [-0.2, -0.15) is 0 Å². The van der Waals surface area contributed by atoms with Crippen LogP contribution >= 0.6 is 7.37 Å². The summed E-state index contributed by atoms with van der Waals surface area (Å²) in [5, 5.41) is 44.9. The highest BCUT2D eigenvalue weighted by molar-refractivity contribution is 7.57. The van der Waals surface area contributed by atoms with Crippen molar-refractivity contribution in [3.05, 3.63) is 47.6 Å². The monoisotopic (exact) mass is 978 g/mol. The van der Waals surface area contributed by atoms with Crippen molar-refractivity contribution < 1.29 is 72.4 Å². The number of ketones is 3. The Morgan fingerprint density at radius 1 is 0.853 bits per heavy atom. The number of piperidine rings is 1. The number of carbonyl (C=O) groups excluding carboxylic acids is 5. The number of fused-ring (bicyclic) bond motifs is 3. The number of hydrogen-bond acceptors (Lipinski definition) is 15. The molecule has 384 valence electrons. The van der Waals surface area contributed by atoms with Crippen molar-refractivity contribution in [3.63, 3.8) is 0 Å². The molecule has 4 rings (SSSR count). The number of cyclic esters (lactones) is 1. The van der Waals surface area contributed by atoms with Gasteiger partial charge in [0.15, 0.2) is 13.2 Å². The highest BCUT2D eigenvalue weighted by atomic mass is 31.2. The highest BCUT2D eigenvalue weighted by Gasteiger charge is 2.54. The van der Waals surface area contributed by atoms with Gasteiger partial charge in [-0.15, -0.1) is 0 Å². The first-order chi connectivity index (χ1) is 31.9. The minimum absolute atomic E-state index is 0.0147. The summed E-state index contributed by atoms with van der Waals surface area (Å²) in [7, 11) is 0.281. The largest absolute Gasteiger partial charge is 0.460 e. The number of rotatable bonds is 7. The molecule has 2 bridgehead atoms. The number of aliphatic hydroxyl groups is 4. The Balaban J connectivity index is 1.69. The van der Waals surface area contributed by atoms with Gasteiger partial charge in [0, 0.05) is 58.8 Å². The van der Waals surface area contributed by atoms with E-state index in [2.05, 4.69) is 0 Å². The third kappa shape index (κ3) is 15.7. The third-order valence-corrected chi connectivity index (χ3v) is 15.0. The highest BCUT2D eigenvalue weighted by Crippen LogP contribution is 2.44. The minimum atomic E-state index is -2.89. The van der Waals surface area contributed by atoms with E-state index in [0.717, 1.165) is 10.5 Å². The zero-order chi connectivity index (χ0) is 50.7. The zero-order valence-electron chi connectivity index (χ0n) is 41.9. The smallest absolute Gasteiger partial charge is 0.329 e. The average Bonchev–Trinajstić information content (AvgIpc) is 3.29. The molecule has 0 spiro atoms. The first-order valence-corrected chi connectivity index (χ1v) is 27.0. The molecular formula is C51H80NO15P. The summed E-state index contributed by atoms with van der Waals surface area (Å²) in [4.78, 5) is 71.2. The Kier molecular flexibility index (Phi) is 21.8. The van der Waals surface area contributed by atoms with Gasteiger partial charge in [-0.3, -0.25) is 23.7 Å². The van der Waals surface area contributed by atoms with Gasteiger partial charge in [0.1, 0.15) is 36.2 Å². The Bertz CT molecular complexity index is 1920. The lowest BCUT2D eigenvalue weighted by Gasteiger charge is -2.42. The molecule has 1 amide bonds. The van der Waals surface area contributed by atoms with Crippen molar-refractivity contribution in [3.8, 4) is 0 Å². The van der Waals surface area contributed by atoms with E-state index in [1.807, 2.05) is 51.2 Å². The van der Waals surface area contributed by atoms with Crippen LogP contribution in [0.2, 0.25) is 0 Å². The van der Waals surface area contributed by atoms with Crippen LogP contribution < -0.4 is 0 Å². The first kappa shape index (κ1) is 57.4. The van der Waals surface area contributed by atoms with Crippen LogP contribution in [0.25, 0.3) is 0 Å². The molecule has 3 aliphatic heterocycles. The molecule has 0 aromatic heterocycles. The molecule has 2 saturated heterocycles. The number of amides is 1. The molecule has 4 aliphatic rings. The van der Waals surface area contributed by atoms with Gasteiger partial charge in [-0.25, -0.2) is 4.79 Å². The van der Waals surface area contributed by atoms with Crippen molar-refractivity contribution >= 4 is 36.6 Å². The van der Waals surface area contributed by atoms with Crippen LogP contribution in [0.5, 0.6) is 0 Å². The SMILES string of the molecule is CO[C@H]1C[C@@H]2CCC(O)[C@@](O)(O2)C(=O)C(=O)N2CCCC[C@H]2C(=O)O[C@H]([C@H](C)C[C@@H]2CC[C@@H](OP(C)(C)=O)[C@H](OC)C2)CC(=O)[C@H](C)/C=C(\C)[C@@H](O)C(O)C(=O)[C@H](C)C[C@H](C)/C=C/C=C/C=C/1C. The molecule has 1 saturated carbocycles. The van der Waals surface area contributed by atoms with Gasteiger partial charge in [0.05, 0.1) is 24.4 Å². The number of Topliss-reactive ketones (excluding diaryl/α,β-unsaturated/α-hetero) is 3. The predicted octanol–water partition coefficient (Wildman–Crippen LogP) is 5.81. The molecule has 2 unspecified atom stereocenters. The van der Waals surface area contributed by atoms with Gasteiger partial charge in [-0.1, -0.05) is 64.2 Å². The molecule has 16 nitrogen and oxygen atoms in total. The van der Waals surface area contributed by atoms with E-state index < -0.39 is 97.0 Å². The summed E-state index contributed by atoms with van der Waals surface area (Å²) >= 11 is 0. The lowest BCUT2D eigenvalue weighted by molar-refractivity contribution is -0.282. The molecule has 0 radical (unpaired) electrons. The molecule has 4 N–H and O–H groups in total. The van der Waals surface area contributed by atoms with Crippen LogP contribution in [0.1, 0.15) is 119 Å². The maximum absolute atomic E-state index is 14.4. The number of carbonyl (C=O) groups is 5. The Morgan fingerprint density at radius 3 is 2.22 bits per heavy atom. The fourth-order valence-electron chi connectivity index (χ4n) is 10.1. The van der Waals surface area contributed by atoms with Gasteiger partial charge < -0.3 is 48.8 Å². The van der Waals surface area contributed by atoms with E-state index in [4.69, 9.17) is 23.5 Å². The van der Waals surface area contributed by atoms with E-state index in [9.17, 15) is 49.0 Å². The molecule has 68 heavy (non-hydrogen) atoms. The van der Waals surface area contributed by atoms with Gasteiger partial charge in [0.2, 0.25) is 0 Å². The van der Waals surface area contributed by atoms with Crippen molar-refractivity contribution in [2.75, 3.05) is 34.1 Å². The molecule has 0 aromatic carbocycles. The normalized spacial score (nSPS) is 39.4. The second kappa shape index (κ2) is 25.8. The van der Waals surface area contributed by atoms with Crippen LogP contribution in [0, 0.1) is 29.6 Å². The number of allylic oxidation sites excluding steroid dienone is 6. The fourth-order valence-corrected chi connectivity index (χ4v) is 11.0. The predicted molar refractivity (Wildman–Crippen MR) is 256 cm³/mol. The lowest BCUT2D eigenvalue weighted by atomic mass is 9.78. The number of nitrogens with zero attached hydrogens (tertiary/aromatic N) is 1. The molecule has 3 heterocycles. The Hall–Kier alpha value is -3.18. The summed E-state index contributed by atoms with van der Waals surface area (Å²) in [6.45, 7) is 13.6. The van der Waals surface area contributed by atoms with E-state index in [1.165, 1.54) is 20.1 Å². The number of aliphatic hydroxyl groups excluding tert-OH is 3. The van der Waals surface area contributed by atoms with Crippen molar-refractivity contribution in [1.82, 2.24) is 4.90 Å². The van der Waals surface area contributed by atoms with Gasteiger partial charge >= 0.3 is 5.97 Å². The van der Waals surface area contributed by atoms with Crippen LogP contribution in [0.3, 0.4) is 0 Å². The summed E-state index contributed by atoms with van der Waals surface area (Å²) in [6.07, 6.45) is 6.64. The number of esters is 1. The standard InChI is InChI=1S/C51H80NO15P/c1-30-16-12-11-13-17-31(2)41(63-7)28-37-20-22-44(54)51(61,66-37)48(58)49(59)52-23-15-14-18-38(52)50(60)65-42(33(4)26-36-19-21-40(43(27-36)64-8)67-68(9,10)62)29-39(53)32(3)25-35(6)46(56)47(57)45(55)34(5)24-30/h11-13,16-17,25,30,32-34,36-38,40-44,46-47,54,56-57,61H,14-15,18-24,26-29H2,1-10H3/b13-11+,16-12+,31-17+,35-25+/t30-,32-,33-,34-,36+,37+,38+,40-,41+,42+,43-,44?,46-,47?,51-/m1/s1. The number of hydrogen-bond donors (Lipinski definition) is 4. The Labute approximate surface area is 403 Å². The quantitative estimate of drug-likeness (QED) is 0.102.